The molecule has 0 fully saturated rings. The summed E-state index contributed by atoms with van der Waals surface area (Å²) < 4.78 is 0. The molecular formula is C27H26N2O6S. The van der Waals surface area contributed by atoms with Gasteiger partial charge in [0, 0.05) is 16.3 Å². The number of amides is 2. The summed E-state index contributed by atoms with van der Waals surface area (Å²) in [7, 11) is 0. The van der Waals surface area contributed by atoms with E-state index in [9.17, 15) is 24.3 Å². The fraction of sp³-hybridized carbons (Fsp3) is 0.185. The van der Waals surface area contributed by atoms with Crippen LogP contribution in [0.1, 0.15) is 55.5 Å². The van der Waals surface area contributed by atoms with Gasteiger partial charge >= 0.3 is 11.9 Å². The molecule has 0 aliphatic heterocycles. The zero-order valence-electron chi connectivity index (χ0n) is 20.0. The summed E-state index contributed by atoms with van der Waals surface area (Å²) in [6, 6.07) is 15.9. The molecule has 3 aromatic rings. The lowest BCUT2D eigenvalue weighted by Crippen LogP contribution is -2.25. The van der Waals surface area contributed by atoms with Gasteiger partial charge in [-0.15, -0.1) is 11.8 Å². The monoisotopic (exact) mass is 506 g/mol. The lowest BCUT2D eigenvalue weighted by molar-refractivity contribution is -0.115. The van der Waals surface area contributed by atoms with E-state index in [1.165, 1.54) is 23.9 Å². The molecule has 1 unspecified atom stereocenters. The predicted molar refractivity (Wildman–Crippen MR) is 139 cm³/mol. The number of rotatable bonds is 9. The number of hydrogen-bond acceptors (Lipinski definition) is 5. The van der Waals surface area contributed by atoms with E-state index in [-0.39, 0.29) is 22.3 Å². The highest BCUT2D eigenvalue weighted by atomic mass is 32.2. The largest absolute Gasteiger partial charge is 0.478 e. The summed E-state index contributed by atoms with van der Waals surface area (Å²) in [5, 5.41) is 23.8. The van der Waals surface area contributed by atoms with Gasteiger partial charge in [0.25, 0.3) is 5.91 Å². The second-order valence-corrected chi connectivity index (χ2v) is 9.38. The molecule has 186 valence electrons. The van der Waals surface area contributed by atoms with Crippen LogP contribution < -0.4 is 10.6 Å². The summed E-state index contributed by atoms with van der Waals surface area (Å²) in [4.78, 5) is 49.2. The van der Waals surface area contributed by atoms with E-state index in [1.54, 1.807) is 18.2 Å². The number of carboxylic acids is 2. The standard InChI is InChI=1S/C27H26N2O6S/c1-4-23(25(31)29-22-10-5-7-15(2)16(22)3)36-19-9-6-8-18(14-19)28-24(30)20-12-11-17(26(32)33)13-21(20)27(34)35/h5-14,23H,4H2,1-3H3,(H,28,30)(H,29,31)(H,32,33)(H,34,35). The molecule has 9 heteroatoms. The Kier molecular flexibility index (Phi) is 8.50. The number of nitrogens with one attached hydrogen (secondary N) is 2. The van der Waals surface area contributed by atoms with Crippen molar-refractivity contribution in [2.45, 2.75) is 37.3 Å². The Balaban J connectivity index is 1.75. The second-order valence-electron chi connectivity index (χ2n) is 8.10. The summed E-state index contributed by atoms with van der Waals surface area (Å²) in [5.41, 5.74) is 2.47. The Hall–Kier alpha value is -4.11. The maximum Gasteiger partial charge on any atom is 0.336 e. The highest BCUT2D eigenvalue weighted by Crippen LogP contribution is 2.29. The van der Waals surface area contributed by atoms with Crippen LogP contribution in [0.4, 0.5) is 11.4 Å². The molecule has 0 aromatic heterocycles. The van der Waals surface area contributed by atoms with E-state index in [1.807, 2.05) is 45.0 Å². The molecule has 3 rings (SSSR count). The zero-order chi connectivity index (χ0) is 26.4. The van der Waals surface area contributed by atoms with Gasteiger partial charge in [-0.1, -0.05) is 25.1 Å². The molecule has 0 aliphatic rings. The number of carboxylic acid groups (broad SMARTS) is 2. The Morgan fingerprint density at radius 3 is 2.25 bits per heavy atom. The van der Waals surface area contributed by atoms with Gasteiger partial charge in [-0.3, -0.25) is 9.59 Å². The van der Waals surface area contributed by atoms with Gasteiger partial charge in [-0.25, -0.2) is 9.59 Å². The minimum Gasteiger partial charge on any atom is -0.478 e. The molecule has 36 heavy (non-hydrogen) atoms. The predicted octanol–water partition coefficient (Wildman–Crippen LogP) is 5.46. The molecule has 8 nitrogen and oxygen atoms in total. The van der Waals surface area contributed by atoms with Crippen molar-refractivity contribution in [3.8, 4) is 0 Å². The maximum atomic E-state index is 12.9. The zero-order valence-corrected chi connectivity index (χ0v) is 20.8. The minimum absolute atomic E-state index is 0.129. The summed E-state index contributed by atoms with van der Waals surface area (Å²) in [5.74, 6) is -3.52. The van der Waals surface area contributed by atoms with Gasteiger partial charge in [0.1, 0.15) is 0 Å². The molecule has 2 amide bonds. The SMILES string of the molecule is CCC(Sc1cccc(NC(=O)c2ccc(C(=O)O)cc2C(=O)O)c1)C(=O)Nc1cccc(C)c1C. The van der Waals surface area contributed by atoms with Crippen molar-refractivity contribution < 1.29 is 29.4 Å². The van der Waals surface area contributed by atoms with E-state index < -0.39 is 23.4 Å². The van der Waals surface area contributed by atoms with Gasteiger partial charge in [0.05, 0.1) is 21.9 Å². The number of anilines is 2. The van der Waals surface area contributed by atoms with Crippen LogP contribution in [-0.4, -0.2) is 39.2 Å². The van der Waals surface area contributed by atoms with Crippen LogP contribution in [0.5, 0.6) is 0 Å². The van der Waals surface area contributed by atoms with E-state index in [2.05, 4.69) is 10.6 Å². The second kappa shape index (κ2) is 11.5. The Morgan fingerprint density at radius 1 is 0.861 bits per heavy atom. The van der Waals surface area contributed by atoms with Crippen LogP contribution in [0.15, 0.2) is 65.6 Å². The molecule has 0 aliphatic carbocycles. The molecule has 0 radical (unpaired) electrons. The molecule has 3 aromatic carbocycles. The first kappa shape index (κ1) is 26.5. The fourth-order valence-electron chi connectivity index (χ4n) is 3.48. The lowest BCUT2D eigenvalue weighted by Gasteiger charge is -2.17. The average Bonchev–Trinajstić information content (AvgIpc) is 2.85. The van der Waals surface area contributed by atoms with E-state index >= 15 is 0 Å². The Labute approximate surface area is 212 Å². The number of carbonyl (C=O) groups is 4. The number of carbonyl (C=O) groups excluding carboxylic acids is 2. The normalized spacial score (nSPS) is 11.4. The number of benzene rings is 3. The molecular weight excluding hydrogens is 480 g/mol. The Morgan fingerprint density at radius 2 is 1.58 bits per heavy atom. The van der Waals surface area contributed by atoms with E-state index in [0.29, 0.717) is 12.1 Å². The van der Waals surface area contributed by atoms with Crippen LogP contribution in [0.25, 0.3) is 0 Å². The van der Waals surface area contributed by atoms with Gasteiger partial charge in [-0.05, 0) is 73.9 Å². The third kappa shape index (κ3) is 6.31. The van der Waals surface area contributed by atoms with Gasteiger partial charge in [-0.2, -0.15) is 0 Å². The summed E-state index contributed by atoms with van der Waals surface area (Å²) >= 11 is 1.35. The quantitative estimate of drug-likeness (QED) is 0.283. The number of thioether (sulfide) groups is 1. The minimum atomic E-state index is -1.41. The van der Waals surface area contributed by atoms with Crippen molar-refractivity contribution in [1.82, 2.24) is 0 Å². The maximum absolute atomic E-state index is 12.9. The third-order valence-electron chi connectivity index (χ3n) is 5.64. The van der Waals surface area contributed by atoms with E-state index in [4.69, 9.17) is 5.11 Å². The topological polar surface area (TPSA) is 133 Å². The lowest BCUT2D eigenvalue weighted by atomic mass is 10.0. The first-order chi connectivity index (χ1) is 17.1. The molecule has 1 atom stereocenters. The Bertz CT molecular complexity index is 1340. The van der Waals surface area contributed by atoms with Gasteiger partial charge in [0.2, 0.25) is 5.91 Å². The summed E-state index contributed by atoms with van der Waals surface area (Å²) in [6.07, 6.45) is 0.579. The van der Waals surface area contributed by atoms with Crippen LogP contribution in [-0.2, 0) is 4.79 Å². The fourth-order valence-corrected chi connectivity index (χ4v) is 4.50. The number of aryl methyl sites for hydroxylation is 1. The highest BCUT2D eigenvalue weighted by molar-refractivity contribution is 8.00. The van der Waals surface area contributed by atoms with E-state index in [0.717, 1.165) is 27.8 Å². The van der Waals surface area contributed by atoms with Gasteiger partial charge in [0.15, 0.2) is 0 Å². The number of hydrogen-bond donors (Lipinski definition) is 4. The smallest absolute Gasteiger partial charge is 0.336 e. The highest BCUT2D eigenvalue weighted by Gasteiger charge is 2.21. The summed E-state index contributed by atoms with van der Waals surface area (Å²) in [6.45, 7) is 5.85. The molecule has 0 heterocycles. The molecule has 0 bridgehead atoms. The van der Waals surface area contributed by atoms with Crippen LogP contribution in [0, 0.1) is 13.8 Å². The van der Waals surface area contributed by atoms with Crippen LogP contribution in [0.3, 0.4) is 0 Å². The van der Waals surface area contributed by atoms with Crippen molar-refractivity contribution >= 4 is 46.9 Å². The first-order valence-electron chi connectivity index (χ1n) is 11.2. The van der Waals surface area contributed by atoms with Crippen molar-refractivity contribution in [2.75, 3.05) is 10.6 Å². The molecule has 0 spiro atoms. The molecule has 4 N–H and O–H groups in total. The first-order valence-corrected chi connectivity index (χ1v) is 12.0. The van der Waals surface area contributed by atoms with Crippen molar-refractivity contribution in [2.24, 2.45) is 0 Å². The van der Waals surface area contributed by atoms with Gasteiger partial charge < -0.3 is 20.8 Å². The third-order valence-corrected chi connectivity index (χ3v) is 7.00. The van der Waals surface area contributed by atoms with Crippen molar-refractivity contribution in [3.05, 3.63) is 88.5 Å². The average molecular weight is 507 g/mol. The van der Waals surface area contributed by atoms with Crippen LogP contribution >= 0.6 is 11.8 Å². The molecule has 0 saturated carbocycles. The molecule has 0 saturated heterocycles. The van der Waals surface area contributed by atoms with Crippen molar-refractivity contribution in [3.63, 3.8) is 0 Å². The van der Waals surface area contributed by atoms with Crippen molar-refractivity contribution in [1.29, 1.82) is 0 Å². The number of aromatic carboxylic acids is 2. The van der Waals surface area contributed by atoms with Crippen LogP contribution in [0.2, 0.25) is 0 Å².